The number of hydrogen-bond donors (Lipinski definition) is 4. The molecule has 2 unspecified atom stereocenters. The van der Waals surface area contributed by atoms with Gasteiger partial charge in [0.15, 0.2) is 26.2 Å². The third-order valence-corrected chi connectivity index (χ3v) is 16.1. The summed E-state index contributed by atoms with van der Waals surface area (Å²) in [6.45, 7) is 11.7. The molecule has 0 spiro atoms. The number of ether oxygens (including phenoxy) is 3. The van der Waals surface area contributed by atoms with Crippen LogP contribution in [-0.2, 0) is 64.1 Å². The first-order valence-electron chi connectivity index (χ1n) is 28.2. The van der Waals surface area contributed by atoms with Gasteiger partial charge in [0.05, 0.1) is 87.5 Å². The molecule has 2 atom stereocenters. The molecule has 8 rings (SSSR count). The number of rotatable bonds is 18. The maximum absolute atomic E-state index is 12.9. The fourth-order valence-electron chi connectivity index (χ4n) is 8.99. The van der Waals surface area contributed by atoms with Crippen molar-refractivity contribution < 1.29 is 96.9 Å². The Bertz CT molecular complexity index is 4010. The number of hydrogen-bond acceptors (Lipinski definition) is 16. The Hall–Kier alpha value is -7.12. The summed E-state index contributed by atoms with van der Waals surface area (Å²) in [6, 6.07) is 19.3. The number of anilines is 2. The predicted octanol–water partition coefficient (Wildman–Crippen LogP) is 10.5. The molecule has 4 N–H and O–H groups in total. The minimum Gasteiger partial charge on any atom is -0.489 e. The van der Waals surface area contributed by atoms with Crippen LogP contribution >= 0.6 is 54.0 Å². The number of carbonyl (C=O) groups excluding carboxylic acids is 4. The second-order valence-electron chi connectivity index (χ2n) is 21.3. The number of aryl methyl sites for hydroxylation is 2. The highest BCUT2D eigenvalue weighted by atomic mass is 35.5. The molecule has 0 radical (unpaired) electrons. The number of benzene rings is 4. The molecule has 6 aromatic rings. The van der Waals surface area contributed by atoms with E-state index in [-0.39, 0.29) is 63.1 Å². The van der Waals surface area contributed by atoms with Crippen LogP contribution in [0.1, 0.15) is 108 Å². The molecule has 2 aromatic heterocycles. The summed E-state index contributed by atoms with van der Waals surface area (Å²) in [5.41, 5.74) is -1.44. The number of carboxylic acid groups (broad SMARTS) is 1. The Morgan fingerprint density at radius 1 is 0.905 bits per heavy atom. The Balaban J connectivity index is 0.000000260. The van der Waals surface area contributed by atoms with Gasteiger partial charge in [-0.15, -0.1) is 11.6 Å². The van der Waals surface area contributed by atoms with Crippen molar-refractivity contribution in [3.63, 3.8) is 0 Å². The van der Waals surface area contributed by atoms with Gasteiger partial charge in [-0.05, 0) is 114 Å². The summed E-state index contributed by atoms with van der Waals surface area (Å²) in [7, 11) is -5.61. The molecule has 23 nitrogen and oxygen atoms in total. The van der Waals surface area contributed by atoms with Crippen LogP contribution in [0.4, 0.5) is 37.7 Å². The number of methoxy groups -OCH3 is 1. The van der Waals surface area contributed by atoms with Crippen molar-refractivity contribution in [3.8, 4) is 11.4 Å². The summed E-state index contributed by atoms with van der Waals surface area (Å²) < 4.78 is 133. The van der Waals surface area contributed by atoms with Gasteiger partial charge < -0.3 is 43.4 Å². The monoisotopic (exact) mass is 1460 g/mol. The van der Waals surface area contributed by atoms with Gasteiger partial charge in [0, 0.05) is 38.0 Å². The van der Waals surface area contributed by atoms with E-state index in [0.29, 0.717) is 52.1 Å². The zero-order valence-electron chi connectivity index (χ0n) is 52.1. The van der Waals surface area contributed by atoms with Gasteiger partial charge in [0.25, 0.3) is 11.5 Å². The number of para-hydroxylation sites is 3. The van der Waals surface area contributed by atoms with Crippen molar-refractivity contribution in [2.24, 2.45) is 7.05 Å². The molecule has 2 aliphatic rings. The minimum absolute atomic E-state index is 0.0104. The van der Waals surface area contributed by atoms with Crippen molar-refractivity contribution >= 4 is 105 Å². The van der Waals surface area contributed by atoms with Crippen molar-refractivity contribution in [1.82, 2.24) is 19.6 Å². The maximum atomic E-state index is 12.9. The average Bonchev–Trinajstić information content (AvgIpc) is 1.57. The summed E-state index contributed by atoms with van der Waals surface area (Å²) in [5, 5.41) is 13.6. The molecule has 0 bridgehead atoms. The van der Waals surface area contributed by atoms with Crippen LogP contribution < -0.4 is 31.1 Å². The summed E-state index contributed by atoms with van der Waals surface area (Å²) in [6.07, 6.45) is -6.17. The van der Waals surface area contributed by atoms with Crippen LogP contribution in [0.15, 0.2) is 110 Å². The number of sulfone groups is 1. The first-order valence-corrected chi connectivity index (χ1v) is 33.7. The lowest BCUT2D eigenvalue weighted by atomic mass is 10.0. The maximum Gasteiger partial charge on any atom is 0.431 e. The lowest BCUT2D eigenvalue weighted by molar-refractivity contribution is -0.144. The van der Waals surface area contributed by atoms with E-state index in [9.17, 15) is 72.9 Å². The molecule has 4 aromatic carbocycles. The van der Waals surface area contributed by atoms with Gasteiger partial charge in [0.1, 0.15) is 23.9 Å². The molecule has 1 aliphatic heterocycles. The smallest absolute Gasteiger partial charge is 0.431 e. The van der Waals surface area contributed by atoms with Gasteiger partial charge in [0.2, 0.25) is 5.91 Å². The molecule has 3 heterocycles. The number of ketones is 1. The standard InChI is InChI=1S/C16H14ClF3N2O4.C15H22ClNO2.C15H12F3NO4S.C11H11Cl2NO2.C3H8NO5P/c1-8(2)26-14(24)10-6-9(4-5-11(10)17)22-13(23)7-12(16(18,19)20)21(3)15(22)25;1-5-13-8-6-7-11(2)15(13)17(14(18)9-16)12(3)10-19-4;1-24(21,22)12-6-9(15(16,17)18)4-5-10(12)13(20)11-7-19-23-14(11)8-2-3-8;1-7-6-16-9-5-3-2-4-8(9)14(7)11(15)10(12)13;5-3(6)1-4-2-10(7,8)9/h4-8H,1-3H3;6-8,12H,5,9-10H2,1-4H3;4-8H,2-3H2,1H3;2-5,7,10H,6H2,1H3;4H,1-2H2,(H,5,6)(H2,7,8,9). The van der Waals surface area contributed by atoms with Gasteiger partial charge in [-0.25, -0.2) is 22.6 Å². The van der Waals surface area contributed by atoms with Crippen molar-refractivity contribution in [3.05, 3.63) is 162 Å². The number of nitrogens with zero attached hydrogens (tertiary/aromatic N) is 5. The van der Waals surface area contributed by atoms with Crippen LogP contribution in [0.25, 0.3) is 5.69 Å². The topological polar surface area (TPSA) is 313 Å². The number of nitrogens with one attached hydrogen (secondary N) is 1. The average molecular weight is 1460 g/mol. The minimum atomic E-state index is -4.86. The SMILES string of the molecule is CC(C)OC(=O)c1cc(-n2c(=O)cc(C(F)(F)F)n(C)c2=O)ccc1Cl.CC1COc2ccccc2N1C(=O)C(Cl)Cl.CCc1cccc(C)c1N(C(=O)CCl)C(C)COC.CS(=O)(=O)c1cc(C(F)(F)F)ccc1C(=O)c1cnoc1C1CC1.O=C(O)CNCP(=O)(O)O. The highest BCUT2D eigenvalue weighted by molar-refractivity contribution is 7.90. The van der Waals surface area contributed by atoms with Crippen molar-refractivity contribution in [1.29, 1.82) is 0 Å². The van der Waals surface area contributed by atoms with E-state index in [2.05, 4.69) is 23.5 Å². The lowest BCUT2D eigenvalue weighted by Gasteiger charge is -2.35. The third kappa shape index (κ3) is 22.7. The van der Waals surface area contributed by atoms with Crippen LogP contribution in [0.2, 0.25) is 5.02 Å². The largest absolute Gasteiger partial charge is 0.489 e. The van der Waals surface area contributed by atoms with E-state index in [0.717, 1.165) is 67.2 Å². The van der Waals surface area contributed by atoms with Crippen LogP contribution in [-0.4, -0.2) is 135 Å². The number of alkyl halides is 9. The quantitative estimate of drug-likeness (QED) is 0.0204. The number of fused-ring (bicyclic) bond motifs is 1. The Labute approximate surface area is 560 Å². The molecule has 95 heavy (non-hydrogen) atoms. The normalized spacial score (nSPS) is 14.0. The number of halogens is 10. The third-order valence-electron chi connectivity index (χ3n) is 13.4. The first-order chi connectivity index (χ1) is 44.1. The lowest BCUT2D eigenvalue weighted by Crippen LogP contribution is -2.47. The molecule has 35 heteroatoms. The molecule has 0 saturated heterocycles. The van der Waals surface area contributed by atoms with E-state index in [1.807, 2.05) is 57.2 Å². The highest BCUT2D eigenvalue weighted by Crippen LogP contribution is 2.43. The zero-order valence-corrected chi connectivity index (χ0v) is 56.9. The second kappa shape index (κ2) is 34.7. The van der Waals surface area contributed by atoms with Gasteiger partial charge in [-0.3, -0.25) is 38.4 Å². The number of aromatic nitrogens is 3. The second-order valence-corrected chi connectivity index (χ2v) is 26.7. The summed E-state index contributed by atoms with van der Waals surface area (Å²) >= 11 is 22.9. The van der Waals surface area contributed by atoms with Gasteiger partial charge >= 0.3 is 37.6 Å². The van der Waals surface area contributed by atoms with E-state index in [1.54, 1.807) is 30.8 Å². The van der Waals surface area contributed by atoms with Crippen molar-refractivity contribution in [2.45, 2.75) is 107 Å². The molecule has 1 aliphatic carbocycles. The van der Waals surface area contributed by atoms with Crippen LogP contribution in [0.5, 0.6) is 5.75 Å². The molecule has 520 valence electrons. The summed E-state index contributed by atoms with van der Waals surface area (Å²) in [5.74, 6) is -2.00. The van der Waals surface area contributed by atoms with Crippen LogP contribution in [0.3, 0.4) is 0 Å². The fourth-order valence-corrected chi connectivity index (χ4v) is 10.8. The molecule has 1 fully saturated rings. The summed E-state index contributed by atoms with van der Waals surface area (Å²) in [4.78, 5) is 101. The number of esters is 1. The number of aliphatic carboxylic acids is 1. The van der Waals surface area contributed by atoms with Gasteiger partial charge in [-0.1, -0.05) is 77.2 Å². The predicted molar refractivity (Wildman–Crippen MR) is 341 cm³/mol. The van der Waals surface area contributed by atoms with E-state index in [4.69, 9.17) is 80.0 Å². The first kappa shape index (κ1) is 80.3. The molecular weight excluding hydrogens is 1400 g/mol. The highest BCUT2D eigenvalue weighted by Gasteiger charge is 2.38. The zero-order chi connectivity index (χ0) is 71.8. The fraction of sp³-hybridized carbons (Fsp3) is 0.400. The Morgan fingerprint density at radius 2 is 1.55 bits per heavy atom. The van der Waals surface area contributed by atoms with Crippen molar-refractivity contribution in [2.75, 3.05) is 55.1 Å². The number of amides is 2. The van der Waals surface area contributed by atoms with E-state index in [1.165, 1.54) is 18.3 Å². The number of carboxylic acids is 1. The van der Waals surface area contributed by atoms with Crippen LogP contribution in [0, 0.1) is 6.92 Å². The molecule has 2 amide bonds. The van der Waals surface area contributed by atoms with E-state index < -0.39 is 98.7 Å². The molecular formula is C60H67Cl4F6N6O17PS. The number of carbonyl (C=O) groups is 5. The molecule has 1 saturated carbocycles. The Morgan fingerprint density at radius 3 is 2.08 bits per heavy atom. The Kier molecular flexibility index (Phi) is 29.3. The van der Waals surface area contributed by atoms with Gasteiger partial charge in [-0.2, -0.15) is 26.3 Å². The van der Waals surface area contributed by atoms with E-state index >= 15 is 0 Å².